The molecule has 1 N–H and O–H groups in total. The van der Waals surface area contributed by atoms with Crippen LogP contribution in [0.5, 0.6) is 0 Å². The number of alkyl carbamates (subject to hydrolysis) is 1. The summed E-state index contributed by atoms with van der Waals surface area (Å²) in [6.07, 6.45) is 6.70. The van der Waals surface area contributed by atoms with Gasteiger partial charge in [0.1, 0.15) is 5.60 Å². The Morgan fingerprint density at radius 3 is 2.79 bits per heavy atom. The van der Waals surface area contributed by atoms with Crippen molar-refractivity contribution in [1.29, 1.82) is 0 Å². The molecular formula is C11H17NO2. The van der Waals surface area contributed by atoms with Gasteiger partial charge in [-0.25, -0.2) is 4.79 Å². The Balaban J connectivity index is 2.17. The molecule has 3 nitrogen and oxygen atoms in total. The van der Waals surface area contributed by atoms with Crippen molar-refractivity contribution >= 4 is 6.09 Å². The van der Waals surface area contributed by atoms with Crippen molar-refractivity contribution in [3.8, 4) is 0 Å². The van der Waals surface area contributed by atoms with Gasteiger partial charge in [0.15, 0.2) is 0 Å². The topological polar surface area (TPSA) is 38.3 Å². The van der Waals surface area contributed by atoms with Crippen LogP contribution in [-0.2, 0) is 4.74 Å². The van der Waals surface area contributed by atoms with Gasteiger partial charge in [-0.05, 0) is 45.1 Å². The van der Waals surface area contributed by atoms with E-state index in [-0.39, 0.29) is 17.7 Å². The van der Waals surface area contributed by atoms with Crippen LogP contribution >= 0.6 is 0 Å². The second-order valence-corrected chi connectivity index (χ2v) is 4.60. The summed E-state index contributed by atoms with van der Waals surface area (Å²) >= 11 is 0. The molecule has 2 aliphatic rings. The second-order valence-electron chi connectivity index (χ2n) is 4.60. The molecule has 1 saturated heterocycles. The third kappa shape index (κ3) is 1.63. The third-order valence-corrected chi connectivity index (χ3v) is 3.01. The first kappa shape index (κ1) is 9.56. The molecule has 1 aliphatic carbocycles. The first-order valence-electron chi connectivity index (χ1n) is 5.28. The number of hydrogen-bond donors (Lipinski definition) is 1. The van der Waals surface area contributed by atoms with Crippen molar-refractivity contribution in [1.82, 2.24) is 5.32 Å². The molecule has 0 radical (unpaired) electrons. The molecule has 1 fully saturated rings. The maximum absolute atomic E-state index is 11.2. The fourth-order valence-corrected chi connectivity index (χ4v) is 2.28. The van der Waals surface area contributed by atoms with Crippen molar-refractivity contribution in [2.45, 2.75) is 51.2 Å². The molecule has 2 rings (SSSR count). The lowest BCUT2D eigenvalue weighted by Crippen LogP contribution is -2.40. The fourth-order valence-electron chi connectivity index (χ4n) is 2.28. The number of amides is 1. The van der Waals surface area contributed by atoms with E-state index in [1.54, 1.807) is 0 Å². The lowest BCUT2D eigenvalue weighted by molar-refractivity contribution is 0.0739. The van der Waals surface area contributed by atoms with E-state index in [2.05, 4.69) is 11.4 Å². The summed E-state index contributed by atoms with van der Waals surface area (Å²) in [5, 5.41) is 2.88. The molecule has 1 heterocycles. The summed E-state index contributed by atoms with van der Waals surface area (Å²) in [6.45, 7) is 3.93. The number of nitrogens with one attached hydrogen (secondary N) is 1. The number of allylic oxidation sites excluding steroid dienone is 1. The molecule has 0 aromatic rings. The van der Waals surface area contributed by atoms with E-state index in [1.807, 2.05) is 13.8 Å². The van der Waals surface area contributed by atoms with Crippen molar-refractivity contribution in [2.75, 3.05) is 0 Å². The van der Waals surface area contributed by atoms with Gasteiger partial charge in [-0.3, -0.25) is 0 Å². The summed E-state index contributed by atoms with van der Waals surface area (Å²) < 4.78 is 5.22. The molecule has 3 heteroatoms. The molecule has 0 bridgehead atoms. The highest BCUT2D eigenvalue weighted by molar-refractivity contribution is 5.72. The second kappa shape index (κ2) is 3.30. The summed E-state index contributed by atoms with van der Waals surface area (Å²) in [5.74, 6) is 0. The number of cyclic esters (lactones) is 1. The highest BCUT2D eigenvalue weighted by atomic mass is 16.6. The van der Waals surface area contributed by atoms with E-state index in [9.17, 15) is 4.79 Å². The zero-order valence-electron chi connectivity index (χ0n) is 8.80. The predicted molar refractivity (Wildman–Crippen MR) is 54.0 cm³/mol. The Morgan fingerprint density at radius 1 is 1.50 bits per heavy atom. The van der Waals surface area contributed by atoms with Gasteiger partial charge in [-0.2, -0.15) is 0 Å². The highest BCUT2D eigenvalue weighted by Crippen LogP contribution is 2.31. The highest BCUT2D eigenvalue weighted by Gasteiger charge is 2.43. The molecule has 0 spiro atoms. The zero-order valence-corrected chi connectivity index (χ0v) is 8.80. The van der Waals surface area contributed by atoms with Crippen molar-refractivity contribution in [3.63, 3.8) is 0 Å². The summed E-state index contributed by atoms with van der Waals surface area (Å²) in [7, 11) is 0. The zero-order chi connectivity index (χ0) is 10.2. The molecule has 0 saturated carbocycles. The molecule has 0 unspecified atom stereocenters. The number of ether oxygens (including phenoxy) is 1. The van der Waals surface area contributed by atoms with Crippen LogP contribution in [0.4, 0.5) is 4.79 Å². The van der Waals surface area contributed by atoms with Crippen LogP contribution in [0.15, 0.2) is 11.6 Å². The first-order chi connectivity index (χ1) is 6.59. The monoisotopic (exact) mass is 195 g/mol. The Hall–Kier alpha value is -0.990. The molecule has 1 amide bonds. The van der Waals surface area contributed by atoms with Crippen molar-refractivity contribution < 1.29 is 9.53 Å². The SMILES string of the molecule is CC1(C)OC(=O)N[C@H]1C1=CCCCC1. The molecule has 14 heavy (non-hydrogen) atoms. The van der Waals surface area contributed by atoms with Gasteiger partial charge in [0.05, 0.1) is 6.04 Å². The fraction of sp³-hybridized carbons (Fsp3) is 0.727. The molecule has 0 aromatic carbocycles. The van der Waals surface area contributed by atoms with Gasteiger partial charge >= 0.3 is 6.09 Å². The number of carbonyl (C=O) groups excluding carboxylic acids is 1. The summed E-state index contributed by atoms with van der Waals surface area (Å²) in [6, 6.07) is 0.0790. The van der Waals surface area contributed by atoms with E-state index < -0.39 is 0 Å². The molecule has 78 valence electrons. The van der Waals surface area contributed by atoms with E-state index >= 15 is 0 Å². The number of hydrogen-bond acceptors (Lipinski definition) is 2. The van der Waals surface area contributed by atoms with Gasteiger partial charge in [-0.1, -0.05) is 6.08 Å². The summed E-state index contributed by atoms with van der Waals surface area (Å²) in [4.78, 5) is 11.2. The maximum atomic E-state index is 11.2. The minimum atomic E-state index is -0.389. The predicted octanol–water partition coefficient (Wildman–Crippen LogP) is 2.37. The van der Waals surface area contributed by atoms with E-state index in [0.29, 0.717) is 0 Å². The van der Waals surface area contributed by atoms with Crippen LogP contribution in [-0.4, -0.2) is 17.7 Å². The Morgan fingerprint density at radius 2 is 2.29 bits per heavy atom. The minimum absolute atomic E-state index is 0.0790. The van der Waals surface area contributed by atoms with E-state index in [0.717, 1.165) is 12.8 Å². The summed E-state index contributed by atoms with van der Waals surface area (Å²) in [5.41, 5.74) is 0.951. The van der Waals surface area contributed by atoms with Gasteiger partial charge in [0, 0.05) is 0 Å². The quantitative estimate of drug-likeness (QED) is 0.652. The Kier molecular flexibility index (Phi) is 2.25. The van der Waals surface area contributed by atoms with E-state index in [1.165, 1.54) is 18.4 Å². The molecule has 1 aliphatic heterocycles. The van der Waals surface area contributed by atoms with Crippen LogP contribution in [0.3, 0.4) is 0 Å². The average Bonchev–Trinajstić information content (AvgIpc) is 2.41. The van der Waals surface area contributed by atoms with E-state index in [4.69, 9.17) is 4.74 Å². The molecule has 0 aromatic heterocycles. The van der Waals surface area contributed by atoms with Crippen LogP contribution in [0, 0.1) is 0 Å². The normalized spacial score (nSPS) is 30.6. The van der Waals surface area contributed by atoms with Crippen molar-refractivity contribution in [3.05, 3.63) is 11.6 Å². The first-order valence-corrected chi connectivity index (χ1v) is 5.28. The molecule has 1 atom stereocenters. The lowest BCUT2D eigenvalue weighted by atomic mass is 9.86. The van der Waals surface area contributed by atoms with Gasteiger partial charge in [-0.15, -0.1) is 0 Å². The van der Waals surface area contributed by atoms with Gasteiger partial charge in [0.25, 0.3) is 0 Å². The van der Waals surface area contributed by atoms with Crippen LogP contribution in [0.2, 0.25) is 0 Å². The van der Waals surface area contributed by atoms with Crippen LogP contribution in [0.25, 0.3) is 0 Å². The smallest absolute Gasteiger partial charge is 0.408 e. The van der Waals surface area contributed by atoms with Crippen LogP contribution < -0.4 is 5.32 Å². The van der Waals surface area contributed by atoms with Crippen molar-refractivity contribution in [2.24, 2.45) is 0 Å². The Bertz CT molecular complexity index is 281. The maximum Gasteiger partial charge on any atom is 0.408 e. The third-order valence-electron chi connectivity index (χ3n) is 3.01. The largest absolute Gasteiger partial charge is 0.441 e. The van der Waals surface area contributed by atoms with Gasteiger partial charge < -0.3 is 10.1 Å². The minimum Gasteiger partial charge on any atom is -0.441 e. The Labute approximate surface area is 84.5 Å². The number of carbonyl (C=O) groups is 1. The standard InChI is InChI=1S/C11H17NO2/c1-11(2)9(12-10(13)14-11)8-6-4-3-5-7-8/h6,9H,3-5,7H2,1-2H3,(H,12,13)/t9-/m0/s1. The number of rotatable bonds is 1. The molecular weight excluding hydrogens is 178 g/mol. The van der Waals surface area contributed by atoms with Gasteiger partial charge in [0.2, 0.25) is 0 Å². The average molecular weight is 195 g/mol. The van der Waals surface area contributed by atoms with Crippen LogP contribution in [0.1, 0.15) is 39.5 Å². The lowest BCUT2D eigenvalue weighted by Gasteiger charge is -2.27.